The molecule has 1 aromatic carbocycles. The summed E-state index contributed by atoms with van der Waals surface area (Å²) in [5, 5.41) is 10.3. The SMILES string of the molecule is N#CC1(Sc2cccc(Cl)c2)CC2(CCCCC2)C1. The molecular formula is C16H18ClNS. The van der Waals surface area contributed by atoms with E-state index in [4.69, 9.17) is 11.6 Å². The third-order valence-corrected chi connectivity index (χ3v) is 6.04. The van der Waals surface area contributed by atoms with Crippen molar-refractivity contribution in [2.24, 2.45) is 5.41 Å². The fraction of sp³-hybridized carbons (Fsp3) is 0.562. The van der Waals surface area contributed by atoms with Crippen LogP contribution in [0.3, 0.4) is 0 Å². The lowest BCUT2D eigenvalue weighted by molar-refractivity contribution is 0.0593. The monoisotopic (exact) mass is 291 g/mol. The number of nitriles is 1. The largest absolute Gasteiger partial charge is 0.197 e. The quantitative estimate of drug-likeness (QED) is 0.724. The molecule has 1 spiro atoms. The average molecular weight is 292 g/mol. The minimum atomic E-state index is -0.206. The van der Waals surface area contributed by atoms with Crippen LogP contribution in [0.1, 0.15) is 44.9 Å². The van der Waals surface area contributed by atoms with Gasteiger partial charge in [0, 0.05) is 9.92 Å². The van der Waals surface area contributed by atoms with E-state index >= 15 is 0 Å². The van der Waals surface area contributed by atoms with Gasteiger partial charge in [-0.2, -0.15) is 5.26 Å². The number of benzene rings is 1. The topological polar surface area (TPSA) is 23.8 Å². The maximum absolute atomic E-state index is 9.58. The Morgan fingerprint density at radius 1 is 1.16 bits per heavy atom. The summed E-state index contributed by atoms with van der Waals surface area (Å²) < 4.78 is -0.206. The first-order valence-electron chi connectivity index (χ1n) is 7.01. The Labute approximate surface area is 124 Å². The number of hydrogen-bond acceptors (Lipinski definition) is 2. The first-order chi connectivity index (χ1) is 9.15. The van der Waals surface area contributed by atoms with E-state index in [1.807, 2.05) is 18.2 Å². The van der Waals surface area contributed by atoms with Gasteiger partial charge >= 0.3 is 0 Å². The van der Waals surface area contributed by atoms with E-state index in [9.17, 15) is 5.26 Å². The summed E-state index contributed by atoms with van der Waals surface area (Å²) in [5.41, 5.74) is 0.486. The summed E-state index contributed by atoms with van der Waals surface area (Å²) in [5.74, 6) is 0. The first-order valence-corrected chi connectivity index (χ1v) is 8.21. The van der Waals surface area contributed by atoms with E-state index in [-0.39, 0.29) is 4.75 Å². The van der Waals surface area contributed by atoms with Crippen LogP contribution in [-0.2, 0) is 0 Å². The summed E-state index contributed by atoms with van der Waals surface area (Å²) in [6.07, 6.45) is 8.86. The summed E-state index contributed by atoms with van der Waals surface area (Å²) in [7, 11) is 0. The molecule has 0 aromatic heterocycles. The molecule has 19 heavy (non-hydrogen) atoms. The van der Waals surface area contributed by atoms with Crippen LogP contribution in [0.5, 0.6) is 0 Å². The molecule has 0 aliphatic heterocycles. The van der Waals surface area contributed by atoms with Gasteiger partial charge in [-0.25, -0.2) is 0 Å². The highest BCUT2D eigenvalue weighted by molar-refractivity contribution is 8.01. The van der Waals surface area contributed by atoms with Crippen LogP contribution < -0.4 is 0 Å². The highest BCUT2D eigenvalue weighted by atomic mass is 35.5. The van der Waals surface area contributed by atoms with Crippen molar-refractivity contribution in [3.8, 4) is 6.07 Å². The van der Waals surface area contributed by atoms with Crippen LogP contribution in [0, 0.1) is 16.7 Å². The summed E-state index contributed by atoms with van der Waals surface area (Å²) in [6, 6.07) is 10.4. The van der Waals surface area contributed by atoms with Crippen LogP contribution in [0.2, 0.25) is 5.02 Å². The maximum Gasteiger partial charge on any atom is 0.108 e. The van der Waals surface area contributed by atoms with Gasteiger partial charge in [0.25, 0.3) is 0 Å². The molecule has 0 radical (unpaired) electrons. The minimum Gasteiger partial charge on any atom is -0.197 e. The number of hydrogen-bond donors (Lipinski definition) is 0. The van der Waals surface area contributed by atoms with Crippen molar-refractivity contribution in [1.82, 2.24) is 0 Å². The summed E-state index contributed by atoms with van der Waals surface area (Å²) in [4.78, 5) is 1.12. The molecule has 0 N–H and O–H groups in total. The molecule has 0 atom stereocenters. The van der Waals surface area contributed by atoms with Crippen molar-refractivity contribution in [2.75, 3.05) is 0 Å². The molecule has 2 aliphatic carbocycles. The van der Waals surface area contributed by atoms with Crippen molar-refractivity contribution in [1.29, 1.82) is 5.26 Å². The molecule has 3 rings (SSSR count). The second kappa shape index (κ2) is 5.04. The van der Waals surface area contributed by atoms with Crippen molar-refractivity contribution >= 4 is 23.4 Å². The van der Waals surface area contributed by atoms with Crippen molar-refractivity contribution in [3.63, 3.8) is 0 Å². The minimum absolute atomic E-state index is 0.206. The number of nitrogens with zero attached hydrogens (tertiary/aromatic N) is 1. The van der Waals surface area contributed by atoms with Gasteiger partial charge in [-0.1, -0.05) is 36.9 Å². The molecule has 3 heteroatoms. The number of halogens is 1. The van der Waals surface area contributed by atoms with E-state index in [0.717, 1.165) is 22.8 Å². The third kappa shape index (κ3) is 2.64. The zero-order valence-corrected chi connectivity index (χ0v) is 12.6. The van der Waals surface area contributed by atoms with E-state index in [1.54, 1.807) is 11.8 Å². The lowest BCUT2D eigenvalue weighted by Gasteiger charge is -2.54. The Bertz CT molecular complexity index is 506. The van der Waals surface area contributed by atoms with Gasteiger partial charge in [0.1, 0.15) is 4.75 Å². The molecule has 1 aromatic rings. The zero-order chi connectivity index (χ0) is 13.3. The Morgan fingerprint density at radius 2 is 1.89 bits per heavy atom. The fourth-order valence-electron chi connectivity index (χ4n) is 3.75. The normalized spacial score (nSPS) is 23.6. The molecule has 2 saturated carbocycles. The highest BCUT2D eigenvalue weighted by Crippen LogP contribution is 2.62. The molecule has 0 unspecified atom stereocenters. The van der Waals surface area contributed by atoms with Crippen LogP contribution in [0.4, 0.5) is 0 Å². The number of thioether (sulfide) groups is 1. The van der Waals surface area contributed by atoms with E-state index in [1.165, 1.54) is 32.1 Å². The molecule has 100 valence electrons. The highest BCUT2D eigenvalue weighted by Gasteiger charge is 2.55. The molecule has 0 bridgehead atoms. The van der Waals surface area contributed by atoms with Crippen LogP contribution in [-0.4, -0.2) is 4.75 Å². The van der Waals surface area contributed by atoms with Gasteiger partial charge in [0.2, 0.25) is 0 Å². The second-order valence-electron chi connectivity index (χ2n) is 6.08. The van der Waals surface area contributed by atoms with Crippen LogP contribution in [0.25, 0.3) is 0 Å². The Morgan fingerprint density at radius 3 is 2.53 bits per heavy atom. The van der Waals surface area contributed by atoms with E-state index < -0.39 is 0 Å². The van der Waals surface area contributed by atoms with Crippen molar-refractivity contribution in [3.05, 3.63) is 29.3 Å². The lowest BCUT2D eigenvalue weighted by atomic mass is 9.56. The number of rotatable bonds is 2. The second-order valence-corrected chi connectivity index (χ2v) is 7.97. The first kappa shape index (κ1) is 13.3. The van der Waals surface area contributed by atoms with Gasteiger partial charge in [-0.3, -0.25) is 0 Å². The summed E-state index contributed by atoms with van der Waals surface area (Å²) in [6.45, 7) is 0. The van der Waals surface area contributed by atoms with Crippen LogP contribution >= 0.6 is 23.4 Å². The predicted octanol–water partition coefficient (Wildman–Crippen LogP) is 5.44. The standard InChI is InChI=1S/C16H18ClNS/c17-13-5-4-6-14(9-13)19-16(12-18)10-15(11-16)7-2-1-3-8-15/h4-6,9H,1-3,7-8,10-11H2. The third-order valence-electron chi connectivity index (χ3n) is 4.55. The molecule has 2 fully saturated rings. The summed E-state index contributed by atoms with van der Waals surface area (Å²) >= 11 is 7.74. The molecular weight excluding hydrogens is 274 g/mol. The van der Waals surface area contributed by atoms with Gasteiger partial charge < -0.3 is 0 Å². The Balaban J connectivity index is 1.71. The van der Waals surface area contributed by atoms with E-state index in [2.05, 4.69) is 12.1 Å². The van der Waals surface area contributed by atoms with Crippen molar-refractivity contribution < 1.29 is 0 Å². The molecule has 1 nitrogen and oxygen atoms in total. The van der Waals surface area contributed by atoms with Gasteiger partial charge in [-0.05, 0) is 49.3 Å². The predicted molar refractivity (Wildman–Crippen MR) is 80.4 cm³/mol. The lowest BCUT2D eigenvalue weighted by Crippen LogP contribution is -2.49. The molecule has 0 heterocycles. The van der Waals surface area contributed by atoms with Gasteiger partial charge in [-0.15, -0.1) is 11.8 Å². The fourth-order valence-corrected chi connectivity index (χ4v) is 5.59. The smallest absolute Gasteiger partial charge is 0.108 e. The molecule has 2 aliphatic rings. The van der Waals surface area contributed by atoms with Gasteiger partial charge in [0.05, 0.1) is 6.07 Å². The Hall–Kier alpha value is -0.650. The molecule has 0 saturated heterocycles. The van der Waals surface area contributed by atoms with Crippen molar-refractivity contribution in [2.45, 2.75) is 54.6 Å². The van der Waals surface area contributed by atoms with Crippen LogP contribution in [0.15, 0.2) is 29.2 Å². The average Bonchev–Trinajstić information content (AvgIpc) is 2.38. The van der Waals surface area contributed by atoms with Gasteiger partial charge in [0.15, 0.2) is 0 Å². The zero-order valence-electron chi connectivity index (χ0n) is 11.0. The maximum atomic E-state index is 9.58. The molecule has 0 amide bonds. The Kier molecular flexibility index (Phi) is 3.53. The van der Waals surface area contributed by atoms with E-state index in [0.29, 0.717) is 5.41 Å².